The zero-order chi connectivity index (χ0) is 14.2. The van der Waals surface area contributed by atoms with Crippen molar-refractivity contribution in [3.63, 3.8) is 0 Å². The van der Waals surface area contributed by atoms with Gasteiger partial charge in [0.25, 0.3) is 0 Å². The van der Waals surface area contributed by atoms with Crippen molar-refractivity contribution in [3.05, 3.63) is 41.1 Å². The summed E-state index contributed by atoms with van der Waals surface area (Å²) in [5, 5.41) is 6.83. The van der Waals surface area contributed by atoms with Crippen LogP contribution in [0.1, 0.15) is 5.56 Å². The van der Waals surface area contributed by atoms with Crippen LogP contribution < -0.4 is 15.4 Å². The summed E-state index contributed by atoms with van der Waals surface area (Å²) in [7, 11) is 0. The van der Waals surface area contributed by atoms with Crippen molar-refractivity contribution in [2.24, 2.45) is 4.99 Å². The lowest BCUT2D eigenvalue weighted by atomic mass is 10.1. The molecule has 1 aromatic rings. The second-order valence-electron chi connectivity index (χ2n) is 4.22. The van der Waals surface area contributed by atoms with E-state index in [4.69, 9.17) is 16.3 Å². The van der Waals surface area contributed by atoms with E-state index in [0.29, 0.717) is 10.8 Å². The van der Waals surface area contributed by atoms with E-state index >= 15 is 0 Å². The van der Waals surface area contributed by atoms with Crippen LogP contribution in [0, 0.1) is 0 Å². The van der Waals surface area contributed by atoms with Crippen LogP contribution in [0.15, 0.2) is 35.5 Å². The summed E-state index contributed by atoms with van der Waals surface area (Å²) in [5.41, 5.74) is 1.09. The molecule has 20 heavy (non-hydrogen) atoms. The summed E-state index contributed by atoms with van der Waals surface area (Å²) in [6, 6.07) is 5.54. The molecule has 0 spiro atoms. The Hall–Kier alpha value is -1.75. The van der Waals surface area contributed by atoms with Crippen LogP contribution in [0.3, 0.4) is 0 Å². The maximum Gasteiger partial charge on any atom is 0.196 e. The third-order valence-electron chi connectivity index (χ3n) is 2.73. The topological polar surface area (TPSA) is 45.6 Å². The third-order valence-corrected chi connectivity index (χ3v) is 3.03. The van der Waals surface area contributed by atoms with Crippen LogP contribution in [0.2, 0.25) is 5.02 Å². The molecule has 0 aliphatic carbocycles. The number of aliphatic imine (C=N–C) groups is 1. The van der Waals surface area contributed by atoms with Crippen molar-refractivity contribution < 1.29 is 9.13 Å². The van der Waals surface area contributed by atoms with Crippen molar-refractivity contribution in [2.75, 3.05) is 26.4 Å². The van der Waals surface area contributed by atoms with Crippen molar-refractivity contribution in [1.82, 2.24) is 10.6 Å². The zero-order valence-corrected chi connectivity index (χ0v) is 11.8. The summed E-state index contributed by atoms with van der Waals surface area (Å²) in [5.74, 6) is 1.30. The highest BCUT2D eigenvalue weighted by Gasteiger charge is 2.04. The van der Waals surface area contributed by atoms with Gasteiger partial charge in [-0.25, -0.2) is 9.38 Å². The first-order chi connectivity index (χ1) is 9.79. The van der Waals surface area contributed by atoms with E-state index in [1.807, 2.05) is 18.2 Å². The van der Waals surface area contributed by atoms with E-state index < -0.39 is 6.67 Å². The molecule has 0 saturated carbocycles. The molecule has 6 heteroatoms. The molecule has 2 rings (SSSR count). The Labute approximate surface area is 122 Å². The van der Waals surface area contributed by atoms with E-state index in [0.717, 1.165) is 31.0 Å². The van der Waals surface area contributed by atoms with Gasteiger partial charge in [-0.2, -0.15) is 0 Å². The average molecular weight is 298 g/mol. The highest BCUT2D eigenvalue weighted by atomic mass is 35.5. The predicted octanol–water partition coefficient (Wildman–Crippen LogP) is 2.29. The van der Waals surface area contributed by atoms with Gasteiger partial charge in [0.2, 0.25) is 0 Å². The number of rotatable bonds is 6. The molecule has 0 atom stereocenters. The Balaban J connectivity index is 1.82. The molecule has 2 N–H and O–H groups in total. The van der Waals surface area contributed by atoms with E-state index in [1.165, 1.54) is 0 Å². The van der Waals surface area contributed by atoms with Gasteiger partial charge in [-0.3, -0.25) is 0 Å². The molecular formula is C14H17ClFN3O. The minimum absolute atomic E-state index is 0.0274. The molecule has 0 fully saturated rings. The number of nitrogens with zero attached hydrogens (tertiary/aromatic N) is 1. The van der Waals surface area contributed by atoms with Gasteiger partial charge in [0.05, 0.1) is 5.02 Å². The van der Waals surface area contributed by atoms with Gasteiger partial charge in [-0.15, -0.1) is 0 Å². The second kappa shape index (κ2) is 7.75. The number of alkyl halides is 1. The van der Waals surface area contributed by atoms with Gasteiger partial charge in [-0.1, -0.05) is 17.7 Å². The minimum Gasteiger partial charge on any atom is -0.489 e. The molecule has 0 amide bonds. The van der Waals surface area contributed by atoms with Gasteiger partial charge in [0.15, 0.2) is 5.96 Å². The first-order valence-corrected chi connectivity index (χ1v) is 6.85. The molecule has 0 saturated heterocycles. The predicted molar refractivity (Wildman–Crippen MR) is 79.2 cm³/mol. The van der Waals surface area contributed by atoms with Crippen molar-refractivity contribution in [1.29, 1.82) is 0 Å². The quantitative estimate of drug-likeness (QED) is 0.847. The minimum atomic E-state index is -0.522. The molecule has 1 aliphatic rings. The number of halogens is 2. The SMILES string of the molecule is FCCOc1ccc(CCNC2=NC=CCN2)cc1Cl. The number of nitrogens with one attached hydrogen (secondary N) is 2. The van der Waals surface area contributed by atoms with Gasteiger partial charge in [0, 0.05) is 19.3 Å². The van der Waals surface area contributed by atoms with Crippen LogP contribution in [-0.4, -0.2) is 32.3 Å². The summed E-state index contributed by atoms with van der Waals surface area (Å²) < 4.78 is 17.2. The molecule has 1 aromatic carbocycles. The first-order valence-electron chi connectivity index (χ1n) is 6.47. The molecular weight excluding hydrogens is 281 g/mol. The fraction of sp³-hybridized carbons (Fsp3) is 0.357. The van der Waals surface area contributed by atoms with E-state index in [-0.39, 0.29) is 6.61 Å². The van der Waals surface area contributed by atoms with Crippen LogP contribution in [0.25, 0.3) is 0 Å². The van der Waals surface area contributed by atoms with Crippen LogP contribution in [0.5, 0.6) is 5.75 Å². The lowest BCUT2D eigenvalue weighted by molar-refractivity contribution is 0.273. The van der Waals surface area contributed by atoms with E-state index in [1.54, 1.807) is 12.3 Å². The van der Waals surface area contributed by atoms with Crippen molar-refractivity contribution in [2.45, 2.75) is 6.42 Å². The molecule has 0 bridgehead atoms. The maximum atomic E-state index is 12.0. The van der Waals surface area contributed by atoms with Crippen LogP contribution >= 0.6 is 11.6 Å². The van der Waals surface area contributed by atoms with Crippen molar-refractivity contribution in [3.8, 4) is 5.75 Å². The first kappa shape index (κ1) is 14.7. The highest BCUT2D eigenvalue weighted by molar-refractivity contribution is 6.32. The van der Waals surface area contributed by atoms with E-state index in [2.05, 4.69) is 15.6 Å². The Bertz CT molecular complexity index is 505. The zero-order valence-electron chi connectivity index (χ0n) is 11.0. The molecule has 0 aromatic heterocycles. The molecule has 4 nitrogen and oxygen atoms in total. The smallest absolute Gasteiger partial charge is 0.196 e. The Kier molecular flexibility index (Phi) is 5.68. The second-order valence-corrected chi connectivity index (χ2v) is 4.63. The maximum absolute atomic E-state index is 12.0. The Morgan fingerprint density at radius 1 is 1.45 bits per heavy atom. The Morgan fingerprint density at radius 3 is 3.05 bits per heavy atom. The fourth-order valence-electron chi connectivity index (χ4n) is 1.78. The number of guanidine groups is 1. The monoisotopic (exact) mass is 297 g/mol. The third kappa shape index (κ3) is 4.42. The molecule has 1 heterocycles. The summed E-state index contributed by atoms with van der Waals surface area (Å²) in [6.45, 7) is 1.05. The lowest BCUT2D eigenvalue weighted by Gasteiger charge is -2.13. The summed E-state index contributed by atoms with van der Waals surface area (Å²) in [4.78, 5) is 4.16. The van der Waals surface area contributed by atoms with Crippen LogP contribution in [0.4, 0.5) is 4.39 Å². The van der Waals surface area contributed by atoms with Crippen LogP contribution in [-0.2, 0) is 6.42 Å². The molecule has 108 valence electrons. The average Bonchev–Trinajstić information content (AvgIpc) is 2.47. The lowest BCUT2D eigenvalue weighted by Crippen LogP contribution is -2.39. The summed E-state index contributed by atoms with van der Waals surface area (Å²) in [6.07, 6.45) is 4.53. The van der Waals surface area contributed by atoms with Gasteiger partial charge in [-0.05, 0) is 30.2 Å². The highest BCUT2D eigenvalue weighted by Crippen LogP contribution is 2.25. The van der Waals surface area contributed by atoms with E-state index in [9.17, 15) is 4.39 Å². The number of hydrogen-bond donors (Lipinski definition) is 2. The normalized spacial score (nSPS) is 13.6. The standard InChI is InChI=1S/C14H17ClFN3O/c15-12-10-11(2-3-13(12)20-9-5-16)4-8-19-14-17-6-1-7-18-14/h1-3,6,10H,4-5,7-9H2,(H2,17,18,19). The molecule has 0 radical (unpaired) electrons. The van der Waals surface area contributed by atoms with Gasteiger partial charge in [0.1, 0.15) is 19.0 Å². The Morgan fingerprint density at radius 2 is 2.35 bits per heavy atom. The fourth-order valence-corrected chi connectivity index (χ4v) is 2.04. The van der Waals surface area contributed by atoms with Gasteiger partial charge < -0.3 is 15.4 Å². The largest absolute Gasteiger partial charge is 0.489 e. The number of benzene rings is 1. The van der Waals surface area contributed by atoms with Crippen molar-refractivity contribution >= 4 is 17.6 Å². The number of ether oxygens (including phenoxy) is 1. The summed E-state index contributed by atoms with van der Waals surface area (Å²) >= 11 is 6.08. The van der Waals surface area contributed by atoms with Gasteiger partial charge >= 0.3 is 0 Å². The molecule has 1 aliphatic heterocycles. The molecule has 0 unspecified atom stereocenters. The number of hydrogen-bond acceptors (Lipinski definition) is 4.